The Labute approximate surface area is 202 Å². The van der Waals surface area contributed by atoms with Gasteiger partial charge in [0.2, 0.25) is 0 Å². The molecule has 1 fully saturated rings. The van der Waals surface area contributed by atoms with Gasteiger partial charge in [0.1, 0.15) is 17.4 Å². The standard InChI is InChI=1S/C19H19Cl3N2O5S2/c1-11(2)14(15(25)26)24-16(27)19(28-3)17(24,10-18(20,21)22)31-30-13(23-19)9-29-12-7-5-4-6-8-12/h4-8,14H,1,9-10H2,2-3H3,(H,25,26). The molecule has 3 rings (SSSR count). The van der Waals surface area contributed by atoms with E-state index in [1.54, 1.807) is 12.1 Å². The number of hydrogen-bond donors (Lipinski definition) is 1. The number of amides is 1. The lowest BCUT2D eigenvalue weighted by Crippen LogP contribution is -2.84. The lowest BCUT2D eigenvalue weighted by molar-refractivity contribution is -0.212. The van der Waals surface area contributed by atoms with E-state index >= 15 is 0 Å². The first-order valence-electron chi connectivity index (χ1n) is 8.93. The molecule has 1 N–H and O–H groups in total. The third-order valence-corrected chi connectivity index (χ3v) is 8.22. The molecule has 12 heteroatoms. The number of rotatable bonds is 8. The second-order valence-corrected chi connectivity index (χ2v) is 12.0. The Balaban J connectivity index is 2.00. The molecule has 2 aliphatic heterocycles. The first kappa shape index (κ1) is 24.5. The van der Waals surface area contributed by atoms with Crippen molar-refractivity contribution < 1.29 is 24.2 Å². The minimum Gasteiger partial charge on any atom is -0.487 e. The van der Waals surface area contributed by atoms with Crippen LogP contribution in [0.2, 0.25) is 0 Å². The molecular weight excluding hydrogens is 507 g/mol. The van der Waals surface area contributed by atoms with Crippen molar-refractivity contribution >= 4 is 73.3 Å². The van der Waals surface area contributed by atoms with Crippen LogP contribution < -0.4 is 4.74 Å². The van der Waals surface area contributed by atoms with Crippen LogP contribution in [0.4, 0.5) is 0 Å². The number of alkyl halides is 3. The van der Waals surface area contributed by atoms with Crippen LogP contribution >= 0.6 is 56.4 Å². The van der Waals surface area contributed by atoms with Gasteiger partial charge in [0.15, 0.2) is 14.7 Å². The minimum absolute atomic E-state index is 0.0900. The van der Waals surface area contributed by atoms with Crippen LogP contribution in [0.15, 0.2) is 47.5 Å². The molecule has 31 heavy (non-hydrogen) atoms. The Morgan fingerprint density at radius 1 is 1.35 bits per heavy atom. The summed E-state index contributed by atoms with van der Waals surface area (Å²) >= 11 is 18.3. The van der Waals surface area contributed by atoms with E-state index < -0.39 is 32.3 Å². The maximum atomic E-state index is 13.3. The summed E-state index contributed by atoms with van der Waals surface area (Å²) in [7, 11) is 3.69. The number of nitrogens with zero attached hydrogens (tertiary/aromatic N) is 2. The topological polar surface area (TPSA) is 88.4 Å². The Kier molecular flexibility index (Phi) is 7.15. The normalized spacial score (nSPS) is 26.4. The van der Waals surface area contributed by atoms with Crippen LogP contribution in [-0.2, 0) is 14.3 Å². The predicted octanol–water partition coefficient (Wildman–Crippen LogP) is 4.53. The number of carboxylic acids is 1. The maximum Gasteiger partial charge on any atom is 0.330 e. The molecule has 1 aromatic carbocycles. The SMILES string of the molecule is C=C(C)C(C(=O)O)N1C(=O)C2(OC)N=C(COc3ccccc3)SSC12CC(Cl)(Cl)Cl. The van der Waals surface area contributed by atoms with Gasteiger partial charge in [-0.1, -0.05) is 70.4 Å². The summed E-state index contributed by atoms with van der Waals surface area (Å²) in [4.78, 5) is 29.5. The molecule has 168 valence electrons. The monoisotopic (exact) mass is 524 g/mol. The highest BCUT2D eigenvalue weighted by Crippen LogP contribution is 2.64. The van der Waals surface area contributed by atoms with Crippen molar-refractivity contribution in [1.29, 1.82) is 0 Å². The van der Waals surface area contributed by atoms with Crippen molar-refractivity contribution in [3.63, 3.8) is 0 Å². The highest BCUT2D eigenvalue weighted by atomic mass is 35.6. The number of aliphatic carboxylic acids is 1. The van der Waals surface area contributed by atoms with E-state index in [2.05, 4.69) is 11.6 Å². The smallest absolute Gasteiger partial charge is 0.330 e. The van der Waals surface area contributed by atoms with Gasteiger partial charge in [-0.05, 0) is 35.4 Å². The van der Waals surface area contributed by atoms with Crippen LogP contribution in [0.25, 0.3) is 0 Å². The maximum absolute atomic E-state index is 13.3. The van der Waals surface area contributed by atoms with Crippen molar-refractivity contribution in [2.45, 2.75) is 33.8 Å². The number of carbonyl (C=O) groups is 2. The van der Waals surface area contributed by atoms with E-state index in [9.17, 15) is 14.7 Å². The van der Waals surface area contributed by atoms with Crippen molar-refractivity contribution in [3.05, 3.63) is 42.5 Å². The van der Waals surface area contributed by atoms with Crippen molar-refractivity contribution in [3.8, 4) is 5.75 Å². The molecule has 1 saturated heterocycles. The Morgan fingerprint density at radius 3 is 2.52 bits per heavy atom. The molecule has 3 unspecified atom stereocenters. The number of fused-ring (bicyclic) bond motifs is 1. The van der Waals surface area contributed by atoms with Crippen molar-refractivity contribution in [1.82, 2.24) is 4.90 Å². The summed E-state index contributed by atoms with van der Waals surface area (Å²) in [5.74, 6) is -1.26. The summed E-state index contributed by atoms with van der Waals surface area (Å²) in [5.41, 5.74) is -1.51. The molecule has 0 saturated carbocycles. The average molecular weight is 526 g/mol. The number of ether oxygens (including phenoxy) is 2. The van der Waals surface area contributed by atoms with Crippen LogP contribution in [0.3, 0.4) is 0 Å². The summed E-state index contributed by atoms with van der Waals surface area (Å²) < 4.78 is 9.52. The zero-order chi connectivity index (χ0) is 23.0. The lowest BCUT2D eigenvalue weighted by Gasteiger charge is -2.63. The van der Waals surface area contributed by atoms with E-state index in [0.717, 1.165) is 15.7 Å². The third kappa shape index (κ3) is 4.41. The first-order valence-corrected chi connectivity index (χ1v) is 12.2. The number of carbonyl (C=O) groups excluding carboxylic acids is 1. The Hall–Kier alpha value is -1.10. The quantitative estimate of drug-likeness (QED) is 0.231. The fraction of sp³-hybridized carbons (Fsp3) is 0.421. The first-order chi connectivity index (χ1) is 14.5. The molecular formula is C19H19Cl3N2O5S2. The predicted molar refractivity (Wildman–Crippen MR) is 125 cm³/mol. The molecule has 2 heterocycles. The van der Waals surface area contributed by atoms with Gasteiger partial charge < -0.3 is 14.6 Å². The summed E-state index contributed by atoms with van der Waals surface area (Å²) in [6.45, 7) is 5.33. The largest absolute Gasteiger partial charge is 0.487 e. The highest BCUT2D eigenvalue weighted by molar-refractivity contribution is 8.82. The molecule has 0 bridgehead atoms. The summed E-state index contributed by atoms with van der Waals surface area (Å²) in [5, 5.41) is 10.2. The van der Waals surface area contributed by atoms with Crippen LogP contribution in [0, 0.1) is 0 Å². The number of β-lactam (4-membered cyclic amide) rings is 1. The van der Waals surface area contributed by atoms with Crippen LogP contribution in [0.1, 0.15) is 13.3 Å². The second-order valence-electron chi connectivity index (χ2n) is 6.96. The molecule has 0 aromatic heterocycles. The number of para-hydroxylation sites is 1. The zero-order valence-electron chi connectivity index (χ0n) is 16.5. The fourth-order valence-electron chi connectivity index (χ4n) is 3.53. The van der Waals surface area contributed by atoms with Crippen LogP contribution in [-0.4, -0.2) is 61.1 Å². The van der Waals surface area contributed by atoms with Gasteiger partial charge in [0.05, 0.1) is 0 Å². The molecule has 1 amide bonds. The van der Waals surface area contributed by atoms with Gasteiger partial charge in [-0.2, -0.15) is 0 Å². The van der Waals surface area contributed by atoms with Gasteiger partial charge in [0.25, 0.3) is 11.6 Å². The molecule has 0 radical (unpaired) electrons. The van der Waals surface area contributed by atoms with Gasteiger partial charge in [-0.25, -0.2) is 9.79 Å². The van der Waals surface area contributed by atoms with Gasteiger partial charge in [-0.15, -0.1) is 0 Å². The number of carboxylic acid groups (broad SMARTS) is 1. The van der Waals surface area contributed by atoms with Gasteiger partial charge in [0, 0.05) is 13.5 Å². The molecule has 1 aromatic rings. The number of likely N-dealkylation sites (tertiary alicyclic amines) is 1. The molecule has 2 aliphatic rings. The summed E-state index contributed by atoms with van der Waals surface area (Å²) in [6, 6.07) is 7.79. The van der Waals surface area contributed by atoms with E-state index in [-0.39, 0.29) is 18.6 Å². The van der Waals surface area contributed by atoms with E-state index in [1.807, 2.05) is 18.2 Å². The molecule has 7 nitrogen and oxygen atoms in total. The Bertz CT molecular complexity index is 913. The van der Waals surface area contributed by atoms with E-state index in [0.29, 0.717) is 10.8 Å². The number of hydrogen-bond acceptors (Lipinski definition) is 7. The summed E-state index contributed by atoms with van der Waals surface area (Å²) in [6.07, 6.45) is -0.213. The second kappa shape index (κ2) is 9.03. The highest BCUT2D eigenvalue weighted by Gasteiger charge is 2.78. The lowest BCUT2D eigenvalue weighted by atomic mass is 9.83. The minimum atomic E-state index is -1.80. The molecule has 0 spiro atoms. The van der Waals surface area contributed by atoms with E-state index in [4.69, 9.17) is 44.3 Å². The zero-order valence-corrected chi connectivity index (χ0v) is 20.4. The fourth-order valence-corrected chi connectivity index (χ4v) is 7.44. The average Bonchev–Trinajstić information content (AvgIpc) is 2.69. The number of benzene rings is 1. The number of methoxy groups -OCH3 is 1. The van der Waals surface area contributed by atoms with Crippen molar-refractivity contribution in [2.24, 2.45) is 4.99 Å². The molecule has 3 atom stereocenters. The van der Waals surface area contributed by atoms with Crippen molar-refractivity contribution in [2.75, 3.05) is 13.7 Å². The van der Waals surface area contributed by atoms with Gasteiger partial charge in [-0.3, -0.25) is 9.69 Å². The van der Waals surface area contributed by atoms with Gasteiger partial charge >= 0.3 is 5.97 Å². The Morgan fingerprint density at radius 2 is 2.00 bits per heavy atom. The van der Waals surface area contributed by atoms with Crippen LogP contribution in [0.5, 0.6) is 5.75 Å². The van der Waals surface area contributed by atoms with E-state index in [1.165, 1.54) is 24.8 Å². The molecule has 0 aliphatic carbocycles. The number of aliphatic imine (C=N–C) groups is 1. The third-order valence-electron chi connectivity index (χ3n) is 4.79. The number of halogens is 3.